The second-order valence-corrected chi connectivity index (χ2v) is 8.02. The Morgan fingerprint density at radius 2 is 1.74 bits per heavy atom. The minimum atomic E-state index is -3.14. The van der Waals surface area contributed by atoms with Crippen molar-refractivity contribution < 1.29 is 31.8 Å². The number of carbonyl (C=O) groups is 1. The Kier molecular flexibility index (Phi) is 8.57. The molecule has 1 aromatic carbocycles. The number of hydrogen-bond donors (Lipinski definition) is 1. The van der Waals surface area contributed by atoms with Crippen molar-refractivity contribution in [1.29, 1.82) is 0 Å². The molecule has 1 amide bonds. The summed E-state index contributed by atoms with van der Waals surface area (Å²) in [6.07, 6.45) is 9.56. The first-order valence-electron chi connectivity index (χ1n) is 10.6. The molecule has 1 aromatic rings. The number of rotatable bonds is 9. The summed E-state index contributed by atoms with van der Waals surface area (Å²) in [4.78, 5) is 14.7. The highest BCUT2D eigenvalue weighted by atomic mass is 19.3. The Morgan fingerprint density at radius 1 is 1.06 bits per heavy atom. The van der Waals surface area contributed by atoms with E-state index < -0.39 is 13.2 Å². The maximum absolute atomic E-state index is 12.6. The van der Waals surface area contributed by atoms with Crippen molar-refractivity contribution in [2.45, 2.75) is 57.8 Å². The summed E-state index contributed by atoms with van der Waals surface area (Å²) in [7, 11) is 0. The summed E-state index contributed by atoms with van der Waals surface area (Å²) < 4.78 is 58.5. The summed E-state index contributed by atoms with van der Waals surface area (Å²) in [5, 5.41) is 2.94. The molecule has 1 aliphatic carbocycles. The van der Waals surface area contributed by atoms with E-state index in [1.54, 1.807) is 0 Å². The van der Waals surface area contributed by atoms with Crippen LogP contribution in [0.3, 0.4) is 0 Å². The standard InChI is InChI=1S/C22H28F4N2O3/c23-21(24)30-18-7-5-16(19(13-18)31-22(25)26)6-8-20(29)27-17-9-11-28(12-10-17)14-15-3-1-2-4-15/h5-8,13,15,17,21-22H,1-4,9-12,14H2,(H,27,29)/b8-6+. The molecule has 1 aliphatic heterocycles. The average molecular weight is 444 g/mol. The number of nitrogens with zero attached hydrogens (tertiary/aromatic N) is 1. The lowest BCUT2D eigenvalue weighted by atomic mass is 10.0. The number of ether oxygens (including phenoxy) is 2. The zero-order chi connectivity index (χ0) is 22.2. The highest BCUT2D eigenvalue weighted by Crippen LogP contribution is 2.29. The molecular weight excluding hydrogens is 416 g/mol. The van der Waals surface area contributed by atoms with E-state index in [0.717, 1.165) is 44.5 Å². The van der Waals surface area contributed by atoms with Crippen LogP contribution in [-0.2, 0) is 4.79 Å². The van der Waals surface area contributed by atoms with E-state index in [2.05, 4.69) is 19.7 Å². The van der Waals surface area contributed by atoms with E-state index in [9.17, 15) is 22.4 Å². The molecule has 2 aliphatic rings. The molecule has 172 valence electrons. The van der Waals surface area contributed by atoms with E-state index in [0.29, 0.717) is 0 Å². The van der Waals surface area contributed by atoms with Crippen molar-refractivity contribution in [2.24, 2.45) is 5.92 Å². The molecule has 1 saturated carbocycles. The second-order valence-electron chi connectivity index (χ2n) is 8.02. The van der Waals surface area contributed by atoms with Gasteiger partial charge in [-0.05, 0) is 49.8 Å². The van der Waals surface area contributed by atoms with Gasteiger partial charge in [-0.3, -0.25) is 4.79 Å². The van der Waals surface area contributed by atoms with Crippen LogP contribution in [0.1, 0.15) is 44.1 Å². The molecule has 5 nitrogen and oxygen atoms in total. The molecule has 1 heterocycles. The molecule has 9 heteroatoms. The van der Waals surface area contributed by atoms with Crippen molar-refractivity contribution in [3.63, 3.8) is 0 Å². The molecule has 31 heavy (non-hydrogen) atoms. The molecular formula is C22H28F4N2O3. The highest BCUT2D eigenvalue weighted by molar-refractivity contribution is 5.92. The van der Waals surface area contributed by atoms with Gasteiger partial charge in [-0.1, -0.05) is 12.8 Å². The van der Waals surface area contributed by atoms with Crippen LogP contribution in [0.5, 0.6) is 11.5 Å². The first-order valence-corrected chi connectivity index (χ1v) is 10.6. The van der Waals surface area contributed by atoms with Gasteiger partial charge < -0.3 is 19.7 Å². The van der Waals surface area contributed by atoms with Gasteiger partial charge in [-0.25, -0.2) is 0 Å². The lowest BCUT2D eigenvalue weighted by Crippen LogP contribution is -2.45. The quantitative estimate of drug-likeness (QED) is 0.444. The van der Waals surface area contributed by atoms with Crippen molar-refractivity contribution in [3.8, 4) is 11.5 Å². The number of carbonyl (C=O) groups excluding carboxylic acids is 1. The number of amides is 1. The number of nitrogens with one attached hydrogen (secondary N) is 1. The third kappa shape index (κ3) is 7.72. The van der Waals surface area contributed by atoms with Crippen molar-refractivity contribution in [1.82, 2.24) is 10.2 Å². The topological polar surface area (TPSA) is 50.8 Å². The van der Waals surface area contributed by atoms with E-state index >= 15 is 0 Å². The fourth-order valence-corrected chi connectivity index (χ4v) is 4.26. The van der Waals surface area contributed by atoms with Gasteiger partial charge in [-0.2, -0.15) is 17.6 Å². The molecule has 1 N–H and O–H groups in total. The Balaban J connectivity index is 1.51. The molecule has 0 radical (unpaired) electrons. The first kappa shape index (κ1) is 23.4. The highest BCUT2D eigenvalue weighted by Gasteiger charge is 2.24. The number of piperidine rings is 1. The van der Waals surface area contributed by atoms with E-state index in [1.165, 1.54) is 50.0 Å². The van der Waals surface area contributed by atoms with Crippen LogP contribution in [0.15, 0.2) is 24.3 Å². The Morgan fingerprint density at radius 3 is 2.39 bits per heavy atom. The van der Waals surface area contributed by atoms with Crippen LogP contribution < -0.4 is 14.8 Å². The predicted molar refractivity (Wildman–Crippen MR) is 108 cm³/mol. The third-order valence-electron chi connectivity index (χ3n) is 5.77. The smallest absolute Gasteiger partial charge is 0.387 e. The minimum Gasteiger partial charge on any atom is -0.435 e. The fourth-order valence-electron chi connectivity index (χ4n) is 4.26. The van der Waals surface area contributed by atoms with E-state index in [4.69, 9.17) is 0 Å². The Hall–Kier alpha value is -2.29. The molecule has 0 aromatic heterocycles. The van der Waals surface area contributed by atoms with Gasteiger partial charge in [0.2, 0.25) is 5.91 Å². The van der Waals surface area contributed by atoms with Crippen LogP contribution in [0.2, 0.25) is 0 Å². The summed E-state index contributed by atoms with van der Waals surface area (Å²) >= 11 is 0. The minimum absolute atomic E-state index is 0.0654. The number of hydrogen-bond acceptors (Lipinski definition) is 4. The lowest BCUT2D eigenvalue weighted by molar-refractivity contribution is -0.117. The molecule has 2 fully saturated rings. The van der Waals surface area contributed by atoms with Crippen LogP contribution in [0.25, 0.3) is 6.08 Å². The van der Waals surface area contributed by atoms with Gasteiger partial charge in [0.05, 0.1) is 0 Å². The molecule has 1 saturated heterocycles. The predicted octanol–water partition coefficient (Wildman–Crippen LogP) is 4.67. The van der Waals surface area contributed by atoms with Crippen LogP contribution in [0.4, 0.5) is 17.6 Å². The number of benzene rings is 1. The Labute approximate surface area is 179 Å². The van der Waals surface area contributed by atoms with Gasteiger partial charge in [0.1, 0.15) is 11.5 Å². The maximum atomic E-state index is 12.6. The van der Waals surface area contributed by atoms with E-state index in [1.807, 2.05) is 0 Å². The molecule has 0 unspecified atom stereocenters. The number of halogens is 4. The monoisotopic (exact) mass is 444 g/mol. The number of alkyl halides is 4. The lowest BCUT2D eigenvalue weighted by Gasteiger charge is -2.33. The van der Waals surface area contributed by atoms with Gasteiger partial charge in [-0.15, -0.1) is 0 Å². The maximum Gasteiger partial charge on any atom is 0.387 e. The van der Waals surface area contributed by atoms with Crippen molar-refractivity contribution in [3.05, 3.63) is 29.8 Å². The van der Waals surface area contributed by atoms with Gasteiger partial charge in [0, 0.05) is 43.4 Å². The zero-order valence-electron chi connectivity index (χ0n) is 17.2. The van der Waals surface area contributed by atoms with Gasteiger partial charge >= 0.3 is 13.2 Å². The van der Waals surface area contributed by atoms with Crippen molar-refractivity contribution >= 4 is 12.0 Å². The van der Waals surface area contributed by atoms with Crippen LogP contribution in [-0.4, -0.2) is 49.7 Å². The Bertz CT molecular complexity index is 746. The van der Waals surface area contributed by atoms with Crippen LogP contribution in [0, 0.1) is 5.92 Å². The fraction of sp³-hybridized carbons (Fsp3) is 0.591. The molecule has 3 rings (SSSR count). The summed E-state index contributed by atoms with van der Waals surface area (Å²) in [5.41, 5.74) is 0.156. The average Bonchev–Trinajstić information content (AvgIpc) is 3.21. The first-order chi connectivity index (χ1) is 14.9. The summed E-state index contributed by atoms with van der Waals surface area (Å²) in [5.74, 6) is -0.199. The van der Waals surface area contributed by atoms with Crippen LogP contribution >= 0.6 is 0 Å². The number of likely N-dealkylation sites (tertiary alicyclic amines) is 1. The van der Waals surface area contributed by atoms with Gasteiger partial charge in [0.15, 0.2) is 0 Å². The molecule has 0 atom stereocenters. The third-order valence-corrected chi connectivity index (χ3v) is 5.77. The van der Waals surface area contributed by atoms with Gasteiger partial charge in [0.25, 0.3) is 0 Å². The second kappa shape index (κ2) is 11.4. The molecule has 0 spiro atoms. The van der Waals surface area contributed by atoms with Crippen molar-refractivity contribution in [2.75, 3.05) is 19.6 Å². The summed E-state index contributed by atoms with van der Waals surface area (Å²) in [6, 6.07) is 3.48. The largest absolute Gasteiger partial charge is 0.435 e. The normalized spacial score (nSPS) is 18.9. The zero-order valence-corrected chi connectivity index (χ0v) is 17.2. The SMILES string of the molecule is O=C(/C=C/c1ccc(OC(F)F)cc1OC(F)F)NC1CCN(CC2CCCC2)CC1. The molecule has 0 bridgehead atoms. The van der Waals surface area contributed by atoms with E-state index in [-0.39, 0.29) is 29.0 Å². The summed E-state index contributed by atoms with van der Waals surface area (Å²) in [6.45, 7) is -3.20.